The molecule has 1 aliphatic rings. The molecule has 0 aliphatic carbocycles. The maximum absolute atomic E-state index is 12.9. The number of furan rings is 1. The Bertz CT molecular complexity index is 860. The molecule has 0 amide bonds. The molecule has 23 heavy (non-hydrogen) atoms. The molecular weight excluding hydrogens is 290 g/mol. The number of benzene rings is 1. The fourth-order valence-corrected chi connectivity index (χ4v) is 3.69. The number of rotatable bonds is 3. The SMILES string of the molecule is Cn1c2ccccc2c(=O)n1C1CCCCN1Cc1ccco1. The molecule has 5 nitrogen and oxygen atoms in total. The highest BCUT2D eigenvalue weighted by Gasteiger charge is 2.28. The van der Waals surface area contributed by atoms with Crippen LogP contribution in [0.3, 0.4) is 0 Å². The Morgan fingerprint density at radius 2 is 2.04 bits per heavy atom. The third-order valence-electron chi connectivity index (χ3n) is 4.81. The van der Waals surface area contributed by atoms with Gasteiger partial charge in [0, 0.05) is 13.6 Å². The minimum absolute atomic E-state index is 0.0822. The first-order valence-electron chi connectivity index (χ1n) is 8.18. The van der Waals surface area contributed by atoms with Gasteiger partial charge in [0.1, 0.15) is 11.9 Å². The third-order valence-corrected chi connectivity index (χ3v) is 4.81. The molecule has 120 valence electrons. The second-order valence-corrected chi connectivity index (χ2v) is 6.22. The van der Waals surface area contributed by atoms with Crippen molar-refractivity contribution in [3.05, 3.63) is 58.8 Å². The van der Waals surface area contributed by atoms with Gasteiger partial charge in [-0.05, 0) is 43.5 Å². The smallest absolute Gasteiger partial charge is 0.276 e. The lowest BCUT2D eigenvalue weighted by atomic mass is 10.1. The largest absolute Gasteiger partial charge is 0.468 e. The summed E-state index contributed by atoms with van der Waals surface area (Å²) in [5.74, 6) is 0.948. The summed E-state index contributed by atoms with van der Waals surface area (Å²) in [5.41, 5.74) is 1.08. The van der Waals surface area contributed by atoms with Crippen molar-refractivity contribution >= 4 is 10.9 Å². The minimum Gasteiger partial charge on any atom is -0.468 e. The number of likely N-dealkylation sites (tertiary alicyclic amines) is 1. The predicted octanol–water partition coefficient (Wildman–Crippen LogP) is 3.12. The lowest BCUT2D eigenvalue weighted by Crippen LogP contribution is -2.41. The first kappa shape index (κ1) is 14.3. The summed E-state index contributed by atoms with van der Waals surface area (Å²) in [6, 6.07) is 11.7. The van der Waals surface area contributed by atoms with E-state index >= 15 is 0 Å². The Hall–Kier alpha value is -2.27. The van der Waals surface area contributed by atoms with Crippen molar-refractivity contribution in [2.45, 2.75) is 32.0 Å². The van der Waals surface area contributed by atoms with E-state index in [1.807, 2.05) is 52.8 Å². The number of nitrogens with zero attached hydrogens (tertiary/aromatic N) is 3. The van der Waals surface area contributed by atoms with Crippen molar-refractivity contribution in [2.24, 2.45) is 7.05 Å². The van der Waals surface area contributed by atoms with E-state index in [9.17, 15) is 4.79 Å². The fourth-order valence-electron chi connectivity index (χ4n) is 3.69. The molecule has 4 rings (SSSR count). The van der Waals surface area contributed by atoms with Crippen LogP contribution in [0.5, 0.6) is 0 Å². The second-order valence-electron chi connectivity index (χ2n) is 6.22. The number of hydrogen-bond acceptors (Lipinski definition) is 3. The third kappa shape index (κ3) is 2.41. The van der Waals surface area contributed by atoms with Gasteiger partial charge in [-0.15, -0.1) is 0 Å². The summed E-state index contributed by atoms with van der Waals surface area (Å²) in [6.07, 6.45) is 5.09. The molecule has 1 aliphatic heterocycles. The lowest BCUT2D eigenvalue weighted by Gasteiger charge is -2.36. The average molecular weight is 311 g/mol. The maximum Gasteiger partial charge on any atom is 0.276 e. The highest BCUT2D eigenvalue weighted by Crippen LogP contribution is 2.28. The molecule has 0 radical (unpaired) electrons. The van der Waals surface area contributed by atoms with Gasteiger partial charge in [0.15, 0.2) is 0 Å². The zero-order valence-corrected chi connectivity index (χ0v) is 13.3. The van der Waals surface area contributed by atoms with Gasteiger partial charge < -0.3 is 4.42 Å². The first-order valence-corrected chi connectivity index (χ1v) is 8.18. The van der Waals surface area contributed by atoms with Crippen LogP contribution in [0.4, 0.5) is 0 Å². The molecule has 0 spiro atoms. The Kier molecular flexibility index (Phi) is 3.58. The zero-order chi connectivity index (χ0) is 15.8. The molecular formula is C18H21N3O2. The predicted molar refractivity (Wildman–Crippen MR) is 89.2 cm³/mol. The lowest BCUT2D eigenvalue weighted by molar-refractivity contribution is 0.0608. The van der Waals surface area contributed by atoms with Crippen molar-refractivity contribution in [3.8, 4) is 0 Å². The Labute approximate surface area is 134 Å². The van der Waals surface area contributed by atoms with Gasteiger partial charge in [0.25, 0.3) is 5.56 Å². The van der Waals surface area contributed by atoms with Gasteiger partial charge in [-0.3, -0.25) is 14.4 Å². The van der Waals surface area contributed by atoms with Crippen molar-refractivity contribution in [1.82, 2.24) is 14.3 Å². The van der Waals surface area contributed by atoms with Crippen LogP contribution in [0.1, 0.15) is 31.2 Å². The van der Waals surface area contributed by atoms with E-state index in [0.717, 1.165) is 49.0 Å². The summed E-state index contributed by atoms with van der Waals surface area (Å²) in [4.78, 5) is 15.2. The molecule has 0 saturated carbocycles. The van der Waals surface area contributed by atoms with Crippen LogP contribution >= 0.6 is 0 Å². The molecule has 1 saturated heterocycles. The number of fused-ring (bicyclic) bond motifs is 1. The van der Waals surface area contributed by atoms with E-state index in [1.165, 1.54) is 0 Å². The van der Waals surface area contributed by atoms with Crippen LogP contribution in [0.2, 0.25) is 0 Å². The van der Waals surface area contributed by atoms with Crippen LogP contribution in [-0.4, -0.2) is 20.8 Å². The van der Waals surface area contributed by atoms with Gasteiger partial charge in [-0.1, -0.05) is 12.1 Å². The number of para-hydroxylation sites is 1. The Balaban J connectivity index is 1.76. The zero-order valence-electron chi connectivity index (χ0n) is 13.3. The molecule has 5 heteroatoms. The van der Waals surface area contributed by atoms with Gasteiger partial charge in [-0.25, -0.2) is 4.68 Å². The van der Waals surface area contributed by atoms with Gasteiger partial charge in [0.2, 0.25) is 0 Å². The van der Waals surface area contributed by atoms with E-state index in [-0.39, 0.29) is 11.7 Å². The Morgan fingerprint density at radius 1 is 1.17 bits per heavy atom. The van der Waals surface area contributed by atoms with Crippen LogP contribution in [0, 0.1) is 0 Å². The molecule has 3 heterocycles. The molecule has 0 bridgehead atoms. The van der Waals surface area contributed by atoms with E-state index < -0.39 is 0 Å². The van der Waals surface area contributed by atoms with Gasteiger partial charge in [-0.2, -0.15) is 0 Å². The number of aryl methyl sites for hydroxylation is 1. The van der Waals surface area contributed by atoms with Crippen LogP contribution in [-0.2, 0) is 13.6 Å². The second kappa shape index (κ2) is 5.74. The van der Waals surface area contributed by atoms with E-state index in [4.69, 9.17) is 4.42 Å². The highest BCUT2D eigenvalue weighted by atomic mass is 16.3. The summed E-state index contributed by atoms with van der Waals surface area (Å²) >= 11 is 0. The Morgan fingerprint density at radius 3 is 2.83 bits per heavy atom. The molecule has 3 aromatic rings. The van der Waals surface area contributed by atoms with Crippen LogP contribution in [0.25, 0.3) is 10.9 Å². The summed E-state index contributed by atoms with van der Waals surface area (Å²) < 4.78 is 9.42. The highest BCUT2D eigenvalue weighted by molar-refractivity contribution is 5.78. The van der Waals surface area contributed by atoms with Crippen LogP contribution in [0.15, 0.2) is 51.9 Å². The minimum atomic E-state index is 0.0822. The maximum atomic E-state index is 12.9. The van der Waals surface area contributed by atoms with Gasteiger partial charge in [0.05, 0.1) is 23.7 Å². The number of hydrogen-bond donors (Lipinski definition) is 0. The molecule has 0 N–H and O–H groups in total. The van der Waals surface area contributed by atoms with Crippen molar-refractivity contribution < 1.29 is 4.42 Å². The van der Waals surface area contributed by atoms with Crippen molar-refractivity contribution in [2.75, 3.05) is 6.54 Å². The molecule has 2 aromatic heterocycles. The molecule has 1 aromatic carbocycles. The summed E-state index contributed by atoms with van der Waals surface area (Å²) in [5, 5.41) is 0.790. The van der Waals surface area contributed by atoms with Crippen LogP contribution < -0.4 is 5.56 Å². The average Bonchev–Trinajstić information content (AvgIpc) is 3.17. The number of piperidine rings is 1. The summed E-state index contributed by atoms with van der Waals surface area (Å²) in [7, 11) is 1.98. The first-order chi connectivity index (χ1) is 11.3. The molecule has 1 fully saturated rings. The summed E-state index contributed by atoms with van der Waals surface area (Å²) in [6.45, 7) is 1.73. The quantitative estimate of drug-likeness (QED) is 0.746. The van der Waals surface area contributed by atoms with Crippen molar-refractivity contribution in [3.63, 3.8) is 0 Å². The standard InChI is InChI=1S/C18H21N3O2/c1-19-16-9-3-2-8-15(16)18(22)21(19)17-10-4-5-11-20(17)13-14-7-6-12-23-14/h2-3,6-9,12,17H,4-5,10-11,13H2,1H3. The van der Waals surface area contributed by atoms with E-state index in [1.54, 1.807) is 6.26 Å². The fraction of sp³-hybridized carbons (Fsp3) is 0.389. The van der Waals surface area contributed by atoms with Gasteiger partial charge >= 0.3 is 0 Å². The molecule has 1 atom stereocenters. The molecule has 1 unspecified atom stereocenters. The topological polar surface area (TPSA) is 43.3 Å². The number of aromatic nitrogens is 2. The van der Waals surface area contributed by atoms with Crippen molar-refractivity contribution in [1.29, 1.82) is 0 Å². The van der Waals surface area contributed by atoms with E-state index in [2.05, 4.69) is 4.90 Å². The normalized spacial score (nSPS) is 19.4. The monoisotopic (exact) mass is 311 g/mol. The van der Waals surface area contributed by atoms with E-state index in [0.29, 0.717) is 0 Å².